The fourth-order valence-corrected chi connectivity index (χ4v) is 3.91. The number of hydrogen-bond acceptors (Lipinski definition) is 8. The molecule has 8 nitrogen and oxygen atoms in total. The average molecular weight is 485 g/mol. The molecule has 0 saturated heterocycles. The van der Waals surface area contributed by atoms with Crippen molar-refractivity contribution in [2.75, 3.05) is 18.1 Å². The number of halogens is 1. The molecule has 2 heterocycles. The van der Waals surface area contributed by atoms with Gasteiger partial charge in [-0.2, -0.15) is 5.26 Å². The van der Waals surface area contributed by atoms with E-state index in [1.807, 2.05) is 13.0 Å². The Kier molecular flexibility index (Phi) is 8.46. The van der Waals surface area contributed by atoms with E-state index in [4.69, 9.17) is 26.1 Å². The molecule has 0 aliphatic rings. The van der Waals surface area contributed by atoms with Crippen LogP contribution >= 0.6 is 23.4 Å². The zero-order valence-corrected chi connectivity index (χ0v) is 19.7. The lowest BCUT2D eigenvalue weighted by Crippen LogP contribution is -2.35. The molecule has 3 aromatic rings. The smallest absolute Gasteiger partial charge is 0.341 e. The Morgan fingerprint density at radius 1 is 1.27 bits per heavy atom. The highest BCUT2D eigenvalue weighted by Gasteiger charge is 2.21. The quantitative estimate of drug-likeness (QED) is 0.316. The Morgan fingerprint density at radius 3 is 2.79 bits per heavy atom. The summed E-state index contributed by atoms with van der Waals surface area (Å²) in [6.07, 6.45) is 1.71. The third-order valence-electron chi connectivity index (χ3n) is 4.55. The standard InChI is InChI=1S/C23H21ClN4O4S/c1-15-11-18(6-7-20(15)24)28(10-4-8-25)21(29)13-31-23(30)19-5-3-9-26-22(19)33-14-17-12-16(2)32-27-17/h3,5-7,9,11-12H,4,10,13-14H2,1-2H3. The predicted octanol–water partition coefficient (Wildman–Crippen LogP) is 4.74. The van der Waals surface area contributed by atoms with Crippen molar-refractivity contribution in [1.82, 2.24) is 10.1 Å². The van der Waals surface area contributed by atoms with Gasteiger partial charge >= 0.3 is 5.97 Å². The molecule has 0 saturated carbocycles. The van der Waals surface area contributed by atoms with Crippen molar-refractivity contribution in [2.45, 2.75) is 31.0 Å². The first-order valence-corrected chi connectivity index (χ1v) is 11.4. The van der Waals surface area contributed by atoms with E-state index in [0.717, 1.165) is 11.3 Å². The second-order valence-corrected chi connectivity index (χ2v) is 8.41. The van der Waals surface area contributed by atoms with E-state index >= 15 is 0 Å². The number of esters is 1. The molecule has 0 unspecified atom stereocenters. The van der Waals surface area contributed by atoms with Crippen molar-refractivity contribution >= 4 is 40.9 Å². The normalized spacial score (nSPS) is 10.5. The van der Waals surface area contributed by atoms with Gasteiger partial charge in [0.25, 0.3) is 5.91 Å². The molecule has 0 N–H and O–H groups in total. The lowest BCUT2D eigenvalue weighted by molar-refractivity contribution is -0.121. The van der Waals surface area contributed by atoms with Crippen LogP contribution in [-0.4, -0.2) is 35.2 Å². The number of aromatic nitrogens is 2. The third kappa shape index (κ3) is 6.57. The molecular weight excluding hydrogens is 464 g/mol. The van der Waals surface area contributed by atoms with E-state index in [2.05, 4.69) is 10.1 Å². The van der Waals surface area contributed by atoms with Crippen LogP contribution in [0, 0.1) is 25.2 Å². The second-order valence-electron chi connectivity index (χ2n) is 7.04. The van der Waals surface area contributed by atoms with Crippen LogP contribution in [0.3, 0.4) is 0 Å². The van der Waals surface area contributed by atoms with E-state index in [9.17, 15) is 9.59 Å². The number of rotatable bonds is 9. The maximum absolute atomic E-state index is 12.8. The molecule has 0 aliphatic heterocycles. The number of thioether (sulfide) groups is 1. The Hall–Kier alpha value is -3.35. The minimum atomic E-state index is -0.664. The van der Waals surface area contributed by atoms with Gasteiger partial charge in [0.1, 0.15) is 10.8 Å². The molecule has 33 heavy (non-hydrogen) atoms. The molecule has 0 atom stereocenters. The van der Waals surface area contributed by atoms with Crippen molar-refractivity contribution in [1.29, 1.82) is 5.26 Å². The van der Waals surface area contributed by atoms with Crippen LogP contribution in [0.2, 0.25) is 5.02 Å². The SMILES string of the molecule is Cc1cc(CSc2ncccc2C(=O)OCC(=O)N(CCC#N)c2ccc(Cl)c(C)c2)no1. The average Bonchev–Trinajstić information content (AvgIpc) is 3.23. The fourth-order valence-electron chi connectivity index (χ4n) is 2.93. The summed E-state index contributed by atoms with van der Waals surface area (Å²) in [5.41, 5.74) is 2.35. The minimum absolute atomic E-state index is 0.131. The van der Waals surface area contributed by atoms with Crippen LogP contribution in [0.5, 0.6) is 0 Å². The second kappa shape index (κ2) is 11.5. The molecule has 170 valence electrons. The number of anilines is 1. The van der Waals surface area contributed by atoms with Crippen molar-refractivity contribution in [2.24, 2.45) is 0 Å². The first-order chi connectivity index (χ1) is 15.9. The van der Waals surface area contributed by atoms with E-state index in [1.54, 1.807) is 49.5 Å². The number of hydrogen-bond donors (Lipinski definition) is 0. The Labute approximate surface area is 200 Å². The molecule has 10 heteroatoms. The number of benzene rings is 1. The van der Waals surface area contributed by atoms with Gasteiger partial charge in [-0.3, -0.25) is 4.79 Å². The maximum Gasteiger partial charge on any atom is 0.341 e. The maximum atomic E-state index is 12.8. The molecule has 1 amide bonds. The first-order valence-electron chi connectivity index (χ1n) is 9.99. The molecule has 1 aromatic carbocycles. The predicted molar refractivity (Wildman–Crippen MR) is 124 cm³/mol. The van der Waals surface area contributed by atoms with Gasteiger partial charge in [-0.15, -0.1) is 0 Å². The summed E-state index contributed by atoms with van der Waals surface area (Å²) < 4.78 is 10.3. The summed E-state index contributed by atoms with van der Waals surface area (Å²) in [6.45, 7) is 3.31. The number of pyridine rings is 1. The summed E-state index contributed by atoms with van der Waals surface area (Å²) in [4.78, 5) is 31.2. The third-order valence-corrected chi connectivity index (χ3v) is 6.02. The van der Waals surface area contributed by atoms with Crippen molar-refractivity contribution < 1.29 is 18.8 Å². The molecule has 2 aromatic heterocycles. The molecule has 0 aliphatic carbocycles. The highest BCUT2D eigenvalue weighted by atomic mass is 35.5. The summed E-state index contributed by atoms with van der Waals surface area (Å²) >= 11 is 7.39. The topological polar surface area (TPSA) is 109 Å². The van der Waals surface area contributed by atoms with Crippen LogP contribution < -0.4 is 4.90 Å². The molecule has 0 radical (unpaired) electrons. The van der Waals surface area contributed by atoms with E-state index in [0.29, 0.717) is 27.2 Å². The Balaban J connectivity index is 1.67. The van der Waals surface area contributed by atoms with Crippen LogP contribution in [0.15, 0.2) is 52.1 Å². The van der Waals surface area contributed by atoms with E-state index < -0.39 is 18.5 Å². The highest BCUT2D eigenvalue weighted by molar-refractivity contribution is 7.98. The zero-order chi connectivity index (χ0) is 23.8. The van der Waals surface area contributed by atoms with Gasteiger partial charge in [0.15, 0.2) is 6.61 Å². The van der Waals surface area contributed by atoms with Crippen LogP contribution in [0.1, 0.15) is 33.8 Å². The first kappa shape index (κ1) is 24.3. The highest BCUT2D eigenvalue weighted by Crippen LogP contribution is 2.25. The molecule has 3 rings (SSSR count). The van der Waals surface area contributed by atoms with Crippen LogP contribution in [0.4, 0.5) is 5.69 Å². The summed E-state index contributed by atoms with van der Waals surface area (Å²) in [5, 5.41) is 13.9. The van der Waals surface area contributed by atoms with Gasteiger partial charge in [-0.05, 0) is 49.7 Å². The molecule has 0 spiro atoms. The minimum Gasteiger partial charge on any atom is -0.452 e. The number of nitrogens with zero attached hydrogens (tertiary/aromatic N) is 4. The summed E-state index contributed by atoms with van der Waals surface area (Å²) in [6, 6.07) is 12.2. The van der Waals surface area contributed by atoms with Crippen molar-refractivity contribution in [3.05, 3.63) is 70.2 Å². The Morgan fingerprint density at radius 2 is 2.09 bits per heavy atom. The van der Waals surface area contributed by atoms with Crippen molar-refractivity contribution in [3.8, 4) is 6.07 Å². The molecular formula is C23H21ClN4O4S. The van der Waals surface area contributed by atoms with Gasteiger partial charge in [0.05, 0.1) is 23.7 Å². The number of carbonyl (C=O) groups excluding carboxylic acids is 2. The van der Waals surface area contributed by atoms with E-state index in [1.165, 1.54) is 16.7 Å². The van der Waals surface area contributed by atoms with Gasteiger partial charge < -0.3 is 14.2 Å². The molecule has 0 bridgehead atoms. The van der Waals surface area contributed by atoms with Gasteiger partial charge in [-0.25, -0.2) is 9.78 Å². The van der Waals surface area contributed by atoms with Crippen LogP contribution in [-0.2, 0) is 15.3 Å². The fraction of sp³-hybridized carbons (Fsp3) is 0.261. The Bertz CT molecular complexity index is 1190. The number of aryl methyl sites for hydroxylation is 2. The zero-order valence-electron chi connectivity index (χ0n) is 18.1. The number of carbonyl (C=O) groups is 2. The summed E-state index contributed by atoms with van der Waals surface area (Å²) in [5.74, 6) is 0.0479. The monoisotopic (exact) mass is 484 g/mol. The van der Waals surface area contributed by atoms with Gasteiger partial charge in [0.2, 0.25) is 0 Å². The van der Waals surface area contributed by atoms with Gasteiger partial charge in [0, 0.05) is 35.3 Å². The van der Waals surface area contributed by atoms with Crippen LogP contribution in [0.25, 0.3) is 0 Å². The largest absolute Gasteiger partial charge is 0.452 e. The van der Waals surface area contributed by atoms with Gasteiger partial charge in [-0.1, -0.05) is 28.5 Å². The van der Waals surface area contributed by atoms with E-state index in [-0.39, 0.29) is 18.5 Å². The number of ether oxygens (including phenoxy) is 1. The van der Waals surface area contributed by atoms with Crippen molar-refractivity contribution in [3.63, 3.8) is 0 Å². The lowest BCUT2D eigenvalue weighted by atomic mass is 10.2. The number of amides is 1. The summed E-state index contributed by atoms with van der Waals surface area (Å²) in [7, 11) is 0. The lowest BCUT2D eigenvalue weighted by Gasteiger charge is -2.22. The number of nitriles is 1. The molecule has 0 fully saturated rings.